The first-order chi connectivity index (χ1) is 7.56. The number of hydrogen-bond acceptors (Lipinski definition) is 4. The summed E-state index contributed by atoms with van der Waals surface area (Å²) in [5, 5.41) is 3.27. The summed E-state index contributed by atoms with van der Waals surface area (Å²) in [6, 6.07) is 1.58. The molecule has 86 valence electrons. The molecule has 0 bridgehead atoms. The molecule has 0 spiro atoms. The Bertz CT molecular complexity index is 403. The fourth-order valence-electron chi connectivity index (χ4n) is 1.74. The van der Waals surface area contributed by atoms with E-state index in [1.807, 2.05) is 6.92 Å². The van der Waals surface area contributed by atoms with E-state index in [1.165, 1.54) is 0 Å². The number of halogens is 1. The van der Waals surface area contributed by atoms with Crippen molar-refractivity contribution in [1.29, 1.82) is 0 Å². The molecule has 16 heavy (non-hydrogen) atoms. The van der Waals surface area contributed by atoms with Gasteiger partial charge in [0.05, 0.1) is 0 Å². The molecule has 0 aromatic carbocycles. The molecule has 1 aromatic rings. The molecule has 1 aliphatic heterocycles. The van der Waals surface area contributed by atoms with Gasteiger partial charge in [0.2, 0.25) is 11.2 Å². The molecule has 1 atom stereocenters. The van der Waals surface area contributed by atoms with Gasteiger partial charge in [0.15, 0.2) is 0 Å². The highest BCUT2D eigenvalue weighted by Gasteiger charge is 2.29. The number of carbonyl (C=O) groups is 1. The van der Waals surface area contributed by atoms with Crippen molar-refractivity contribution < 1.29 is 4.79 Å². The van der Waals surface area contributed by atoms with E-state index in [4.69, 9.17) is 11.6 Å². The van der Waals surface area contributed by atoms with Crippen molar-refractivity contribution in [3.8, 4) is 0 Å². The van der Waals surface area contributed by atoms with E-state index in [2.05, 4.69) is 15.3 Å². The van der Waals surface area contributed by atoms with Crippen molar-refractivity contribution in [2.45, 2.75) is 19.4 Å². The minimum atomic E-state index is -0.199. The number of amides is 1. The minimum absolute atomic E-state index is 0.0902. The lowest BCUT2D eigenvalue weighted by Gasteiger charge is -2.12. The molecule has 6 heteroatoms. The van der Waals surface area contributed by atoms with Crippen LogP contribution in [0.4, 0.5) is 5.82 Å². The summed E-state index contributed by atoms with van der Waals surface area (Å²) in [4.78, 5) is 21.4. The van der Waals surface area contributed by atoms with Gasteiger partial charge < -0.3 is 10.2 Å². The third kappa shape index (κ3) is 2.24. The van der Waals surface area contributed by atoms with Crippen molar-refractivity contribution >= 4 is 23.3 Å². The van der Waals surface area contributed by atoms with Gasteiger partial charge in [-0.3, -0.25) is 4.79 Å². The molecular weight excluding hydrogens is 228 g/mol. The van der Waals surface area contributed by atoms with Gasteiger partial charge >= 0.3 is 0 Å². The number of nitrogens with one attached hydrogen (secondary N) is 1. The number of aromatic nitrogens is 2. The standard InChI is InChI=1S/C10H13ClN4O/c1-6-5-8(14-10(11)12-6)13-7-3-4-15(2)9(7)16/h5,7H,3-4H2,1-2H3,(H,12,13,14). The number of carbonyl (C=O) groups excluding carboxylic acids is 1. The van der Waals surface area contributed by atoms with Crippen molar-refractivity contribution in [3.05, 3.63) is 17.0 Å². The lowest BCUT2D eigenvalue weighted by molar-refractivity contribution is -0.127. The van der Waals surface area contributed by atoms with Crippen LogP contribution in [-0.4, -0.2) is 40.4 Å². The zero-order valence-corrected chi connectivity index (χ0v) is 9.95. The van der Waals surface area contributed by atoms with Gasteiger partial charge in [-0.25, -0.2) is 9.97 Å². The number of rotatable bonds is 2. The van der Waals surface area contributed by atoms with E-state index >= 15 is 0 Å². The number of anilines is 1. The SMILES string of the molecule is Cc1cc(NC2CCN(C)C2=O)nc(Cl)n1. The molecule has 1 fully saturated rings. The summed E-state index contributed by atoms with van der Waals surface area (Å²) in [5.74, 6) is 0.693. The van der Waals surface area contributed by atoms with Gasteiger partial charge in [0.1, 0.15) is 11.9 Å². The summed E-state index contributed by atoms with van der Waals surface area (Å²) in [6.45, 7) is 2.61. The van der Waals surface area contributed by atoms with Crippen LogP contribution >= 0.6 is 11.6 Å². The van der Waals surface area contributed by atoms with E-state index < -0.39 is 0 Å². The van der Waals surface area contributed by atoms with Crippen molar-refractivity contribution in [1.82, 2.24) is 14.9 Å². The molecule has 1 amide bonds. The van der Waals surface area contributed by atoms with Crippen LogP contribution in [0.15, 0.2) is 6.07 Å². The van der Waals surface area contributed by atoms with Crippen LogP contribution in [0.1, 0.15) is 12.1 Å². The monoisotopic (exact) mass is 240 g/mol. The lowest BCUT2D eigenvalue weighted by Crippen LogP contribution is -2.31. The van der Waals surface area contributed by atoms with Crippen LogP contribution in [0.2, 0.25) is 5.28 Å². The van der Waals surface area contributed by atoms with Gasteiger partial charge in [0, 0.05) is 25.4 Å². The predicted molar refractivity (Wildman–Crippen MR) is 61.4 cm³/mol. The van der Waals surface area contributed by atoms with E-state index in [-0.39, 0.29) is 17.2 Å². The molecule has 1 unspecified atom stereocenters. The Hall–Kier alpha value is -1.36. The number of likely N-dealkylation sites (tertiary alicyclic amines) is 1. The molecule has 0 aliphatic carbocycles. The Labute approximate surface area is 98.8 Å². The summed E-state index contributed by atoms with van der Waals surface area (Å²) >= 11 is 5.74. The molecule has 1 saturated heterocycles. The molecule has 0 saturated carbocycles. The molecule has 2 heterocycles. The van der Waals surface area contributed by atoms with E-state index in [9.17, 15) is 4.79 Å². The maximum absolute atomic E-state index is 11.7. The first-order valence-corrected chi connectivity index (χ1v) is 5.47. The summed E-state index contributed by atoms with van der Waals surface area (Å²) in [7, 11) is 1.79. The van der Waals surface area contributed by atoms with Gasteiger partial charge in [-0.05, 0) is 24.9 Å². The number of nitrogens with zero attached hydrogens (tertiary/aromatic N) is 3. The second-order valence-corrected chi connectivity index (χ2v) is 4.25. The largest absolute Gasteiger partial charge is 0.358 e. The highest BCUT2D eigenvalue weighted by molar-refractivity contribution is 6.28. The highest BCUT2D eigenvalue weighted by atomic mass is 35.5. The Morgan fingerprint density at radius 1 is 1.56 bits per heavy atom. The molecule has 1 aromatic heterocycles. The average molecular weight is 241 g/mol. The maximum atomic E-state index is 11.7. The highest BCUT2D eigenvalue weighted by Crippen LogP contribution is 2.16. The average Bonchev–Trinajstić information content (AvgIpc) is 2.48. The number of hydrogen-bond donors (Lipinski definition) is 1. The Balaban J connectivity index is 2.12. The van der Waals surface area contributed by atoms with Crippen molar-refractivity contribution in [2.24, 2.45) is 0 Å². The van der Waals surface area contributed by atoms with Crippen LogP contribution in [0.25, 0.3) is 0 Å². The molecule has 2 rings (SSSR count). The molecular formula is C10H13ClN4O. The molecule has 1 N–H and O–H groups in total. The third-order valence-corrected chi connectivity index (χ3v) is 2.75. The predicted octanol–water partition coefficient (Wildman–Crippen LogP) is 1.08. The number of aryl methyl sites for hydroxylation is 1. The fraction of sp³-hybridized carbons (Fsp3) is 0.500. The van der Waals surface area contributed by atoms with Crippen molar-refractivity contribution in [2.75, 3.05) is 18.9 Å². The lowest BCUT2D eigenvalue weighted by atomic mass is 10.2. The number of likely N-dealkylation sites (N-methyl/N-ethyl adjacent to an activating group) is 1. The summed E-state index contributed by atoms with van der Waals surface area (Å²) in [5.41, 5.74) is 0.779. The summed E-state index contributed by atoms with van der Waals surface area (Å²) < 4.78 is 0. The van der Waals surface area contributed by atoms with Gasteiger partial charge in [0.25, 0.3) is 0 Å². The van der Waals surface area contributed by atoms with E-state index in [0.29, 0.717) is 5.82 Å². The third-order valence-electron chi connectivity index (χ3n) is 2.58. The molecule has 5 nitrogen and oxygen atoms in total. The molecule has 0 radical (unpaired) electrons. The van der Waals surface area contributed by atoms with Crippen molar-refractivity contribution in [3.63, 3.8) is 0 Å². The zero-order chi connectivity index (χ0) is 11.7. The van der Waals surface area contributed by atoms with Gasteiger partial charge in [-0.2, -0.15) is 0 Å². The Morgan fingerprint density at radius 2 is 2.31 bits per heavy atom. The minimum Gasteiger partial charge on any atom is -0.358 e. The van der Waals surface area contributed by atoms with Gasteiger partial charge in [-0.15, -0.1) is 0 Å². The van der Waals surface area contributed by atoms with Gasteiger partial charge in [-0.1, -0.05) is 0 Å². The first kappa shape index (κ1) is 11.1. The zero-order valence-electron chi connectivity index (χ0n) is 9.20. The normalized spacial score (nSPS) is 20.3. The summed E-state index contributed by atoms with van der Waals surface area (Å²) in [6.07, 6.45) is 0.788. The molecule has 1 aliphatic rings. The topological polar surface area (TPSA) is 58.1 Å². The quantitative estimate of drug-likeness (QED) is 0.786. The fourth-order valence-corrected chi connectivity index (χ4v) is 1.97. The van der Waals surface area contributed by atoms with Crippen LogP contribution in [0, 0.1) is 6.92 Å². The maximum Gasteiger partial charge on any atom is 0.244 e. The van der Waals surface area contributed by atoms with Crippen LogP contribution in [-0.2, 0) is 4.79 Å². The van der Waals surface area contributed by atoms with E-state index in [0.717, 1.165) is 18.7 Å². The second-order valence-electron chi connectivity index (χ2n) is 3.91. The first-order valence-electron chi connectivity index (χ1n) is 5.09. The Kier molecular flexibility index (Phi) is 2.96. The van der Waals surface area contributed by atoms with Crippen LogP contribution in [0.3, 0.4) is 0 Å². The van der Waals surface area contributed by atoms with Crippen LogP contribution in [0.5, 0.6) is 0 Å². The smallest absolute Gasteiger partial charge is 0.244 e. The second kappa shape index (κ2) is 4.25. The van der Waals surface area contributed by atoms with Crippen LogP contribution < -0.4 is 5.32 Å². The Morgan fingerprint density at radius 3 is 2.88 bits per heavy atom. The van der Waals surface area contributed by atoms with E-state index in [1.54, 1.807) is 18.0 Å².